The minimum Gasteiger partial charge on any atom is -0.508 e. The molecule has 9 heteroatoms. The maximum absolute atomic E-state index is 14.2. The van der Waals surface area contributed by atoms with Crippen LogP contribution in [0.1, 0.15) is 11.1 Å². The first kappa shape index (κ1) is 20.1. The molecule has 156 valence electrons. The van der Waals surface area contributed by atoms with E-state index < -0.39 is 47.4 Å². The van der Waals surface area contributed by atoms with E-state index in [0.29, 0.717) is 17.7 Å². The van der Waals surface area contributed by atoms with Crippen molar-refractivity contribution in [1.82, 2.24) is 10.4 Å². The highest BCUT2D eigenvalue weighted by Crippen LogP contribution is 2.42. The van der Waals surface area contributed by atoms with Gasteiger partial charge in [0.2, 0.25) is 0 Å². The molecule has 0 fully saturated rings. The molecular weight excluding hydrogens is 410 g/mol. The van der Waals surface area contributed by atoms with Crippen molar-refractivity contribution in [3.8, 4) is 5.75 Å². The highest BCUT2D eigenvalue weighted by molar-refractivity contribution is 5.75. The summed E-state index contributed by atoms with van der Waals surface area (Å²) in [7, 11) is 0. The molecule has 1 aliphatic heterocycles. The lowest BCUT2D eigenvalue weighted by Gasteiger charge is -2.26. The molecule has 0 bridgehead atoms. The number of phenolic OH excluding ortho intramolecular Hbond substituents is 1. The molecule has 1 atom stereocenters. The first-order chi connectivity index (χ1) is 14.1. The zero-order valence-electron chi connectivity index (χ0n) is 15.1. The smallest absolute Gasteiger partial charge is 0.414 e. The van der Waals surface area contributed by atoms with E-state index >= 15 is 0 Å². The van der Waals surface area contributed by atoms with Crippen LogP contribution in [0.5, 0.6) is 5.75 Å². The Balaban J connectivity index is 1.82. The van der Waals surface area contributed by atoms with Gasteiger partial charge >= 0.3 is 6.18 Å². The Morgan fingerprint density at radius 3 is 2.37 bits per heavy atom. The van der Waals surface area contributed by atoms with Crippen molar-refractivity contribution in [3.63, 3.8) is 0 Å². The molecule has 0 aromatic heterocycles. The van der Waals surface area contributed by atoms with Crippen molar-refractivity contribution in [2.45, 2.75) is 18.8 Å². The Morgan fingerprint density at radius 2 is 1.73 bits per heavy atom. The predicted octanol–water partition coefficient (Wildman–Crippen LogP) is 4.97. The van der Waals surface area contributed by atoms with E-state index in [9.17, 15) is 31.4 Å². The molecule has 0 radical (unpaired) electrons. The number of fused-ring (bicyclic) bond motifs is 1. The summed E-state index contributed by atoms with van der Waals surface area (Å²) in [4.78, 5) is 0. The molecule has 2 aliphatic rings. The molecule has 2 aromatic carbocycles. The van der Waals surface area contributed by atoms with Gasteiger partial charge < -0.3 is 10.1 Å². The van der Waals surface area contributed by atoms with Gasteiger partial charge in [0, 0.05) is 28.8 Å². The second-order valence-corrected chi connectivity index (χ2v) is 6.83. The fraction of sp³-hybridized carbons (Fsp3) is 0.143. The summed E-state index contributed by atoms with van der Waals surface area (Å²) in [6.07, 6.45) is -1.02. The first-order valence-electron chi connectivity index (χ1n) is 8.81. The molecular formula is C21H14F6N2O. The number of rotatable bonds is 3. The first-order valence-corrected chi connectivity index (χ1v) is 8.81. The zero-order chi connectivity index (χ0) is 21.6. The minimum atomic E-state index is -4.64. The number of alkyl halides is 3. The van der Waals surface area contributed by atoms with Crippen molar-refractivity contribution < 1.29 is 31.4 Å². The van der Waals surface area contributed by atoms with Crippen LogP contribution in [0.4, 0.5) is 26.3 Å². The Labute approximate surface area is 167 Å². The summed E-state index contributed by atoms with van der Waals surface area (Å²) in [5.74, 6) is -3.55. The summed E-state index contributed by atoms with van der Waals surface area (Å²) in [5.41, 5.74) is 2.04. The largest absolute Gasteiger partial charge is 0.508 e. The number of hydrogen-bond donors (Lipinski definition) is 2. The topological polar surface area (TPSA) is 35.5 Å². The van der Waals surface area contributed by atoms with Gasteiger partial charge in [-0.2, -0.15) is 13.2 Å². The van der Waals surface area contributed by atoms with E-state index in [1.165, 1.54) is 35.4 Å². The van der Waals surface area contributed by atoms with Crippen molar-refractivity contribution in [2.24, 2.45) is 0 Å². The van der Waals surface area contributed by atoms with Crippen LogP contribution < -0.4 is 5.43 Å². The molecule has 0 saturated carbocycles. The van der Waals surface area contributed by atoms with Gasteiger partial charge in [-0.05, 0) is 12.1 Å². The van der Waals surface area contributed by atoms with E-state index in [1.807, 2.05) is 0 Å². The lowest BCUT2D eigenvalue weighted by molar-refractivity contribution is -0.0963. The van der Waals surface area contributed by atoms with E-state index in [2.05, 4.69) is 5.43 Å². The summed E-state index contributed by atoms with van der Waals surface area (Å²) >= 11 is 0. The Bertz CT molecular complexity index is 1080. The normalized spacial score (nSPS) is 18.7. The third-order valence-electron chi connectivity index (χ3n) is 4.87. The van der Waals surface area contributed by atoms with E-state index in [0.717, 1.165) is 6.08 Å². The van der Waals surface area contributed by atoms with Crippen LogP contribution in [-0.2, 0) is 6.54 Å². The summed E-state index contributed by atoms with van der Waals surface area (Å²) in [6.45, 7) is -0.512. The Hall–Kier alpha value is -3.20. The SMILES string of the molecule is Oc1cccc(C2=C3C=CC=C(C(F)(F)F)C3NN2Cc2c(F)cc(F)cc2F)c1. The highest BCUT2D eigenvalue weighted by Gasteiger charge is 2.45. The average molecular weight is 424 g/mol. The van der Waals surface area contributed by atoms with Gasteiger partial charge in [-0.25, -0.2) is 18.6 Å². The molecule has 1 unspecified atom stereocenters. The van der Waals surface area contributed by atoms with Crippen LogP contribution in [0, 0.1) is 17.5 Å². The van der Waals surface area contributed by atoms with Crippen LogP contribution >= 0.6 is 0 Å². The number of allylic oxidation sites excluding steroid dienone is 2. The average Bonchev–Trinajstić information content (AvgIpc) is 3.01. The molecule has 3 nitrogen and oxygen atoms in total. The quantitative estimate of drug-likeness (QED) is 0.684. The second kappa shape index (κ2) is 7.24. The molecule has 2 N–H and O–H groups in total. The number of hydrazine groups is 1. The van der Waals surface area contributed by atoms with Gasteiger partial charge in [-0.15, -0.1) is 0 Å². The minimum absolute atomic E-state index is 0.130. The van der Waals surface area contributed by atoms with Crippen LogP contribution in [0.2, 0.25) is 0 Å². The van der Waals surface area contributed by atoms with E-state index in [-0.39, 0.29) is 17.0 Å². The summed E-state index contributed by atoms with van der Waals surface area (Å²) in [5, 5.41) is 11.0. The number of aromatic hydroxyl groups is 1. The van der Waals surface area contributed by atoms with E-state index in [1.54, 1.807) is 6.07 Å². The molecule has 30 heavy (non-hydrogen) atoms. The monoisotopic (exact) mass is 424 g/mol. The molecule has 2 aromatic rings. The van der Waals surface area contributed by atoms with Gasteiger partial charge in [0.1, 0.15) is 23.2 Å². The van der Waals surface area contributed by atoms with Crippen LogP contribution in [0.15, 0.2) is 65.8 Å². The van der Waals surface area contributed by atoms with Crippen LogP contribution in [-0.4, -0.2) is 22.3 Å². The maximum Gasteiger partial charge on any atom is 0.414 e. The number of nitrogens with zero attached hydrogens (tertiary/aromatic N) is 1. The number of nitrogens with one attached hydrogen (secondary N) is 1. The van der Waals surface area contributed by atoms with Crippen molar-refractivity contribution in [3.05, 3.63) is 94.4 Å². The number of halogens is 6. The van der Waals surface area contributed by atoms with Gasteiger partial charge in [-0.3, -0.25) is 0 Å². The van der Waals surface area contributed by atoms with Gasteiger partial charge in [-0.1, -0.05) is 30.4 Å². The van der Waals surface area contributed by atoms with Crippen molar-refractivity contribution >= 4 is 5.70 Å². The molecule has 0 saturated heterocycles. The Morgan fingerprint density at radius 1 is 1.03 bits per heavy atom. The number of phenols is 1. The number of benzene rings is 2. The lowest BCUT2D eigenvalue weighted by Crippen LogP contribution is -2.41. The summed E-state index contributed by atoms with van der Waals surface area (Å²) in [6, 6.07) is 5.46. The summed E-state index contributed by atoms with van der Waals surface area (Å²) < 4.78 is 82.2. The standard InChI is InChI=1S/C21H14F6N2O/c22-12-8-17(23)15(18(24)9-12)10-29-20(11-3-1-4-13(30)7-11)14-5-2-6-16(19(14)28-29)21(25,26)27/h1-9,19,28,30H,10H2. The second-order valence-electron chi connectivity index (χ2n) is 6.83. The molecule has 0 spiro atoms. The van der Waals surface area contributed by atoms with Gasteiger partial charge in [0.25, 0.3) is 0 Å². The molecule has 1 aliphatic carbocycles. The maximum atomic E-state index is 14.2. The van der Waals surface area contributed by atoms with Crippen molar-refractivity contribution in [1.29, 1.82) is 0 Å². The molecule has 0 amide bonds. The fourth-order valence-corrected chi connectivity index (χ4v) is 3.59. The zero-order valence-corrected chi connectivity index (χ0v) is 15.1. The highest BCUT2D eigenvalue weighted by atomic mass is 19.4. The van der Waals surface area contributed by atoms with Gasteiger partial charge in [0.05, 0.1) is 23.9 Å². The predicted molar refractivity (Wildman–Crippen MR) is 97.1 cm³/mol. The lowest BCUT2D eigenvalue weighted by atomic mass is 9.92. The Kier molecular flexibility index (Phi) is 4.85. The third kappa shape index (κ3) is 3.56. The number of hydrogen-bond acceptors (Lipinski definition) is 3. The van der Waals surface area contributed by atoms with Crippen LogP contribution in [0.25, 0.3) is 5.70 Å². The molecule has 1 heterocycles. The third-order valence-corrected chi connectivity index (χ3v) is 4.87. The van der Waals surface area contributed by atoms with Crippen molar-refractivity contribution in [2.75, 3.05) is 0 Å². The molecule has 4 rings (SSSR count). The fourth-order valence-electron chi connectivity index (χ4n) is 3.59. The van der Waals surface area contributed by atoms with Gasteiger partial charge in [0.15, 0.2) is 0 Å². The van der Waals surface area contributed by atoms with Crippen LogP contribution in [0.3, 0.4) is 0 Å². The van der Waals surface area contributed by atoms with E-state index in [4.69, 9.17) is 0 Å².